The van der Waals surface area contributed by atoms with E-state index in [-0.39, 0.29) is 5.69 Å². The summed E-state index contributed by atoms with van der Waals surface area (Å²) >= 11 is 0. The van der Waals surface area contributed by atoms with Gasteiger partial charge in [0.1, 0.15) is 0 Å². The Morgan fingerprint density at radius 2 is 1.89 bits per heavy atom. The highest BCUT2D eigenvalue weighted by Gasteiger charge is 2.36. The third-order valence-corrected chi connectivity index (χ3v) is 3.91. The van der Waals surface area contributed by atoms with Crippen molar-refractivity contribution in [3.8, 4) is 5.69 Å². The molecule has 1 fully saturated rings. The largest absolute Gasteiger partial charge is 0.347 e. The van der Waals surface area contributed by atoms with Crippen molar-refractivity contribution in [1.29, 1.82) is 0 Å². The van der Waals surface area contributed by atoms with Crippen molar-refractivity contribution in [2.75, 3.05) is 0 Å². The number of rotatable bonds is 2. The van der Waals surface area contributed by atoms with Gasteiger partial charge in [0.15, 0.2) is 5.82 Å². The Bertz CT molecular complexity index is 632. The third-order valence-electron chi connectivity index (χ3n) is 3.91. The molecule has 1 heterocycles. The second-order valence-electron chi connectivity index (χ2n) is 5.39. The van der Waals surface area contributed by atoms with Gasteiger partial charge in [-0.15, -0.1) is 0 Å². The molecule has 1 aliphatic rings. The molecule has 0 atom stereocenters. The second-order valence-corrected chi connectivity index (χ2v) is 5.39. The maximum atomic E-state index is 12.0. The van der Waals surface area contributed by atoms with Crippen molar-refractivity contribution in [3.63, 3.8) is 0 Å². The van der Waals surface area contributed by atoms with Crippen LogP contribution in [-0.4, -0.2) is 14.8 Å². The summed E-state index contributed by atoms with van der Waals surface area (Å²) in [5, 5.41) is 6.70. The topological polar surface area (TPSA) is 76.7 Å². The van der Waals surface area contributed by atoms with Gasteiger partial charge in [-0.1, -0.05) is 30.5 Å². The molecule has 1 aliphatic carbocycles. The Hall–Kier alpha value is -1.88. The molecule has 5 nitrogen and oxygen atoms in total. The first-order valence-electron chi connectivity index (χ1n) is 6.64. The normalized spacial score (nSPS) is 17.8. The van der Waals surface area contributed by atoms with Gasteiger partial charge >= 0.3 is 5.69 Å². The number of nitrogens with zero attached hydrogens (tertiary/aromatic N) is 2. The van der Waals surface area contributed by atoms with E-state index in [0.717, 1.165) is 36.9 Å². The fraction of sp³-hybridized carbons (Fsp3) is 0.429. The maximum absolute atomic E-state index is 12.0. The summed E-state index contributed by atoms with van der Waals surface area (Å²) in [5.74, 6) is 0.652. The van der Waals surface area contributed by atoms with Crippen LogP contribution in [0.15, 0.2) is 29.1 Å². The van der Waals surface area contributed by atoms with Crippen molar-refractivity contribution < 1.29 is 0 Å². The van der Waals surface area contributed by atoms with Gasteiger partial charge in [-0.25, -0.2) is 14.5 Å². The van der Waals surface area contributed by atoms with E-state index in [2.05, 4.69) is 10.2 Å². The van der Waals surface area contributed by atoms with Crippen LogP contribution in [0.5, 0.6) is 0 Å². The molecule has 1 aromatic heterocycles. The Balaban J connectivity index is 2.13. The first-order chi connectivity index (χ1) is 9.10. The number of benzene rings is 1. The van der Waals surface area contributed by atoms with Gasteiger partial charge in [0.05, 0.1) is 11.2 Å². The van der Waals surface area contributed by atoms with Crippen molar-refractivity contribution in [3.05, 3.63) is 46.1 Å². The zero-order chi connectivity index (χ0) is 13.5. The molecule has 3 rings (SSSR count). The third kappa shape index (κ3) is 2.00. The molecule has 2 aromatic rings. The number of nitrogens with one attached hydrogen (secondary N) is 1. The molecule has 0 radical (unpaired) electrons. The highest BCUT2D eigenvalue weighted by molar-refractivity contribution is 5.36. The van der Waals surface area contributed by atoms with E-state index in [0.29, 0.717) is 5.82 Å². The van der Waals surface area contributed by atoms with Crippen LogP contribution in [0.1, 0.15) is 37.1 Å². The molecule has 1 aromatic carbocycles. The smallest absolute Gasteiger partial charge is 0.319 e. The summed E-state index contributed by atoms with van der Waals surface area (Å²) in [6.45, 7) is 2.02. The number of aromatic amines is 1. The molecule has 100 valence electrons. The van der Waals surface area contributed by atoms with Gasteiger partial charge in [0, 0.05) is 0 Å². The summed E-state index contributed by atoms with van der Waals surface area (Å²) in [7, 11) is 0. The molecule has 19 heavy (non-hydrogen) atoms. The number of nitrogens with two attached hydrogens (primary N) is 1. The van der Waals surface area contributed by atoms with Gasteiger partial charge < -0.3 is 5.73 Å². The fourth-order valence-corrected chi connectivity index (χ4v) is 2.79. The predicted octanol–water partition coefficient (Wildman–Crippen LogP) is 1.60. The molecule has 3 N–H and O–H groups in total. The molecule has 1 saturated carbocycles. The van der Waals surface area contributed by atoms with Crippen LogP contribution in [-0.2, 0) is 5.54 Å². The predicted molar refractivity (Wildman–Crippen MR) is 73.3 cm³/mol. The summed E-state index contributed by atoms with van der Waals surface area (Å²) in [6, 6.07) is 7.81. The highest BCUT2D eigenvalue weighted by Crippen LogP contribution is 2.35. The van der Waals surface area contributed by atoms with Crippen LogP contribution in [0.25, 0.3) is 5.69 Å². The van der Waals surface area contributed by atoms with Gasteiger partial charge in [-0.3, -0.25) is 0 Å². The summed E-state index contributed by atoms with van der Waals surface area (Å²) in [5.41, 5.74) is 7.68. The lowest BCUT2D eigenvalue weighted by Crippen LogP contribution is -2.37. The Morgan fingerprint density at radius 3 is 2.53 bits per heavy atom. The van der Waals surface area contributed by atoms with Crippen LogP contribution in [0.2, 0.25) is 0 Å². The molecular weight excluding hydrogens is 240 g/mol. The van der Waals surface area contributed by atoms with Crippen molar-refractivity contribution in [2.24, 2.45) is 5.73 Å². The van der Waals surface area contributed by atoms with Crippen LogP contribution in [0.3, 0.4) is 0 Å². The lowest BCUT2D eigenvalue weighted by atomic mass is 9.98. The van der Waals surface area contributed by atoms with E-state index >= 15 is 0 Å². The lowest BCUT2D eigenvalue weighted by molar-refractivity contribution is 0.423. The van der Waals surface area contributed by atoms with Gasteiger partial charge in [-0.05, 0) is 31.9 Å². The van der Waals surface area contributed by atoms with E-state index in [1.165, 1.54) is 0 Å². The zero-order valence-electron chi connectivity index (χ0n) is 11.0. The standard InChI is InChI=1S/C14H18N4O/c1-10-4-6-11(7-5-10)18-12(16-17-13(18)19)14(15)8-2-3-9-14/h4-7H,2-3,8-9,15H2,1H3,(H,17,19). The van der Waals surface area contributed by atoms with Crippen molar-refractivity contribution in [1.82, 2.24) is 14.8 Å². The first kappa shape index (κ1) is 12.2. The van der Waals surface area contributed by atoms with Gasteiger partial charge in [0.25, 0.3) is 0 Å². The zero-order valence-corrected chi connectivity index (χ0v) is 11.0. The van der Waals surface area contributed by atoms with Crippen LogP contribution in [0, 0.1) is 6.92 Å². The molecule has 5 heteroatoms. The van der Waals surface area contributed by atoms with E-state index in [1.54, 1.807) is 4.57 Å². The molecule has 0 spiro atoms. The van der Waals surface area contributed by atoms with Crippen molar-refractivity contribution >= 4 is 0 Å². The molecule has 0 saturated heterocycles. The van der Waals surface area contributed by atoms with E-state index in [9.17, 15) is 4.79 Å². The lowest BCUT2D eigenvalue weighted by Gasteiger charge is -2.22. The van der Waals surface area contributed by atoms with E-state index in [1.807, 2.05) is 31.2 Å². The van der Waals surface area contributed by atoms with Gasteiger partial charge in [-0.2, -0.15) is 5.10 Å². The molecule has 0 amide bonds. The molecule has 0 unspecified atom stereocenters. The fourth-order valence-electron chi connectivity index (χ4n) is 2.79. The van der Waals surface area contributed by atoms with E-state index < -0.39 is 5.54 Å². The maximum Gasteiger partial charge on any atom is 0.347 e. The van der Waals surface area contributed by atoms with Crippen LogP contribution in [0.4, 0.5) is 0 Å². The summed E-state index contributed by atoms with van der Waals surface area (Å²) < 4.78 is 1.60. The minimum atomic E-state index is -0.482. The van der Waals surface area contributed by atoms with Crippen LogP contribution >= 0.6 is 0 Å². The second kappa shape index (κ2) is 4.35. The SMILES string of the molecule is Cc1ccc(-n2c(C3(N)CCCC3)n[nH]c2=O)cc1. The minimum absolute atomic E-state index is 0.226. The number of H-pyrrole nitrogens is 1. The Morgan fingerprint density at radius 1 is 1.26 bits per heavy atom. The average Bonchev–Trinajstić information content (AvgIpc) is 2.98. The monoisotopic (exact) mass is 258 g/mol. The molecule has 0 aliphatic heterocycles. The quantitative estimate of drug-likeness (QED) is 0.859. The first-order valence-corrected chi connectivity index (χ1v) is 6.64. The average molecular weight is 258 g/mol. The highest BCUT2D eigenvalue weighted by atomic mass is 16.1. The number of hydrogen-bond acceptors (Lipinski definition) is 3. The Kier molecular flexibility index (Phi) is 2.78. The van der Waals surface area contributed by atoms with Crippen molar-refractivity contribution in [2.45, 2.75) is 38.1 Å². The number of aromatic nitrogens is 3. The summed E-state index contributed by atoms with van der Waals surface area (Å²) in [4.78, 5) is 12.0. The summed E-state index contributed by atoms with van der Waals surface area (Å²) in [6.07, 6.45) is 3.93. The Labute approximate surface area is 111 Å². The minimum Gasteiger partial charge on any atom is -0.319 e. The van der Waals surface area contributed by atoms with Gasteiger partial charge in [0.2, 0.25) is 0 Å². The molecular formula is C14H18N4O. The van der Waals surface area contributed by atoms with E-state index in [4.69, 9.17) is 5.73 Å². The number of aryl methyl sites for hydroxylation is 1. The molecule has 0 bridgehead atoms. The number of hydrogen-bond donors (Lipinski definition) is 2. The van der Waals surface area contributed by atoms with Crippen LogP contribution < -0.4 is 11.4 Å².